The van der Waals surface area contributed by atoms with Gasteiger partial charge in [0.15, 0.2) is 15.7 Å². The van der Waals surface area contributed by atoms with E-state index in [4.69, 9.17) is 4.74 Å². The van der Waals surface area contributed by atoms with E-state index in [1.807, 2.05) is 44.2 Å². The zero-order chi connectivity index (χ0) is 18.0. The summed E-state index contributed by atoms with van der Waals surface area (Å²) in [6.45, 7) is 3.81. The third kappa shape index (κ3) is 3.88. The van der Waals surface area contributed by atoms with E-state index in [1.54, 1.807) is 28.9 Å². The lowest BCUT2D eigenvalue weighted by Gasteiger charge is -2.06. The molecule has 1 heterocycles. The molecule has 0 aliphatic heterocycles. The van der Waals surface area contributed by atoms with Crippen LogP contribution in [0.2, 0.25) is 0 Å². The number of sulfone groups is 1. The lowest BCUT2D eigenvalue weighted by molar-refractivity contribution is 0.222. The van der Waals surface area contributed by atoms with Gasteiger partial charge in [-0.1, -0.05) is 30.3 Å². The van der Waals surface area contributed by atoms with Gasteiger partial charge < -0.3 is 4.74 Å². The Kier molecular flexibility index (Phi) is 4.59. The van der Waals surface area contributed by atoms with Crippen LogP contribution in [0.4, 0.5) is 0 Å². The van der Waals surface area contributed by atoms with Crippen molar-refractivity contribution >= 4 is 9.84 Å². The van der Waals surface area contributed by atoms with Gasteiger partial charge in [0.25, 0.3) is 0 Å². The van der Waals surface area contributed by atoms with E-state index >= 15 is 0 Å². The highest BCUT2D eigenvalue weighted by Gasteiger charge is 2.16. The molecule has 0 bridgehead atoms. The van der Waals surface area contributed by atoms with Gasteiger partial charge >= 0.3 is 6.01 Å². The van der Waals surface area contributed by atoms with Crippen LogP contribution in [0, 0.1) is 0 Å². The second-order valence-corrected chi connectivity index (χ2v) is 7.94. The number of benzene rings is 2. The predicted octanol–water partition coefficient (Wildman–Crippen LogP) is 3.13. The first-order valence-corrected chi connectivity index (χ1v) is 9.73. The zero-order valence-electron chi connectivity index (χ0n) is 14.2. The fourth-order valence-electron chi connectivity index (χ4n) is 2.34. The van der Waals surface area contributed by atoms with Crippen molar-refractivity contribution < 1.29 is 13.2 Å². The Morgan fingerprint density at radius 3 is 2.20 bits per heavy atom. The van der Waals surface area contributed by atoms with Crippen molar-refractivity contribution in [3.8, 4) is 23.1 Å². The third-order valence-corrected chi connectivity index (χ3v) is 4.60. The average Bonchev–Trinajstić information content (AvgIpc) is 2.98. The largest absolute Gasteiger partial charge is 0.460 e. The Bertz CT molecular complexity index is 963. The first-order chi connectivity index (χ1) is 11.8. The Morgan fingerprint density at radius 1 is 1.00 bits per heavy atom. The van der Waals surface area contributed by atoms with Gasteiger partial charge in [0.2, 0.25) is 0 Å². The van der Waals surface area contributed by atoms with Crippen LogP contribution in [-0.4, -0.2) is 35.5 Å². The van der Waals surface area contributed by atoms with Crippen LogP contribution < -0.4 is 4.74 Å². The van der Waals surface area contributed by atoms with Crippen LogP contribution in [0.1, 0.15) is 13.8 Å². The maximum absolute atomic E-state index is 11.6. The normalized spacial score (nSPS) is 11.7. The highest BCUT2D eigenvalue weighted by molar-refractivity contribution is 7.90. The smallest absolute Gasteiger partial charge is 0.336 e. The molecule has 0 N–H and O–H groups in total. The van der Waals surface area contributed by atoms with Crippen LogP contribution in [0.5, 0.6) is 6.01 Å². The standard InChI is InChI=1S/C18H19N3O3S/c1-13(2)24-18-19-17(14-7-5-4-6-8-14)21(20-18)15-9-11-16(12-10-15)25(3,22)23/h4-13H,1-3H3. The summed E-state index contributed by atoms with van der Waals surface area (Å²) in [4.78, 5) is 4.74. The number of hydrogen-bond acceptors (Lipinski definition) is 5. The van der Waals surface area contributed by atoms with Crippen molar-refractivity contribution in [1.29, 1.82) is 0 Å². The summed E-state index contributed by atoms with van der Waals surface area (Å²) in [5.41, 5.74) is 1.60. The summed E-state index contributed by atoms with van der Waals surface area (Å²) in [6.07, 6.45) is 1.13. The quantitative estimate of drug-likeness (QED) is 0.701. The molecule has 0 saturated heterocycles. The maximum atomic E-state index is 11.6. The fourth-order valence-corrected chi connectivity index (χ4v) is 2.97. The number of ether oxygens (including phenoxy) is 1. The average molecular weight is 357 g/mol. The van der Waals surface area contributed by atoms with E-state index in [0.717, 1.165) is 5.56 Å². The van der Waals surface area contributed by atoms with Crippen LogP contribution in [0.15, 0.2) is 59.5 Å². The van der Waals surface area contributed by atoms with Crippen molar-refractivity contribution in [3.05, 3.63) is 54.6 Å². The highest BCUT2D eigenvalue weighted by Crippen LogP contribution is 2.24. The molecule has 0 aliphatic rings. The minimum Gasteiger partial charge on any atom is -0.460 e. The van der Waals surface area contributed by atoms with Crippen molar-refractivity contribution in [2.45, 2.75) is 24.8 Å². The molecular weight excluding hydrogens is 338 g/mol. The van der Waals surface area contributed by atoms with Crippen LogP contribution >= 0.6 is 0 Å². The van der Waals surface area contributed by atoms with E-state index < -0.39 is 9.84 Å². The van der Waals surface area contributed by atoms with Gasteiger partial charge in [-0.15, -0.1) is 5.10 Å². The minimum atomic E-state index is -3.24. The van der Waals surface area contributed by atoms with Crippen molar-refractivity contribution in [2.24, 2.45) is 0 Å². The van der Waals surface area contributed by atoms with E-state index in [1.165, 1.54) is 6.26 Å². The van der Waals surface area contributed by atoms with Gasteiger partial charge in [-0.25, -0.2) is 13.1 Å². The molecule has 25 heavy (non-hydrogen) atoms. The maximum Gasteiger partial charge on any atom is 0.336 e. The summed E-state index contributed by atoms with van der Waals surface area (Å²) in [5.74, 6) is 0.628. The van der Waals surface area contributed by atoms with Crippen LogP contribution in [0.3, 0.4) is 0 Å². The summed E-state index contributed by atoms with van der Waals surface area (Å²) >= 11 is 0. The van der Waals surface area contributed by atoms with Crippen molar-refractivity contribution in [2.75, 3.05) is 6.26 Å². The molecule has 3 aromatic rings. The molecule has 6 nitrogen and oxygen atoms in total. The molecule has 0 amide bonds. The van der Waals surface area contributed by atoms with Gasteiger partial charge in [-0.3, -0.25) is 0 Å². The molecule has 0 spiro atoms. The zero-order valence-corrected chi connectivity index (χ0v) is 15.1. The van der Waals surface area contributed by atoms with Crippen LogP contribution in [0.25, 0.3) is 17.1 Å². The molecule has 0 unspecified atom stereocenters. The molecule has 0 aliphatic carbocycles. The number of rotatable bonds is 5. The molecule has 130 valence electrons. The number of hydrogen-bond donors (Lipinski definition) is 0. The molecular formula is C18H19N3O3S. The molecule has 1 aromatic heterocycles. The van der Waals surface area contributed by atoms with E-state index in [2.05, 4.69) is 10.1 Å². The van der Waals surface area contributed by atoms with Crippen molar-refractivity contribution in [1.82, 2.24) is 14.8 Å². The highest BCUT2D eigenvalue weighted by atomic mass is 32.2. The molecule has 0 atom stereocenters. The Hall–Kier alpha value is -2.67. The van der Waals surface area contributed by atoms with Gasteiger partial charge in [0, 0.05) is 11.8 Å². The summed E-state index contributed by atoms with van der Waals surface area (Å²) in [5, 5.41) is 4.42. The van der Waals surface area contributed by atoms with Gasteiger partial charge in [-0.2, -0.15) is 4.98 Å². The summed E-state index contributed by atoms with van der Waals surface area (Å²) in [6, 6.07) is 16.4. The van der Waals surface area contributed by atoms with E-state index in [-0.39, 0.29) is 17.0 Å². The number of nitrogens with zero attached hydrogens (tertiary/aromatic N) is 3. The van der Waals surface area contributed by atoms with Gasteiger partial charge in [0.05, 0.1) is 16.7 Å². The molecule has 3 rings (SSSR count). The molecule has 0 radical (unpaired) electrons. The molecule has 2 aromatic carbocycles. The lowest BCUT2D eigenvalue weighted by Crippen LogP contribution is -2.07. The van der Waals surface area contributed by atoms with Gasteiger partial charge in [-0.05, 0) is 38.1 Å². The summed E-state index contributed by atoms with van der Waals surface area (Å²) in [7, 11) is -3.24. The SMILES string of the molecule is CC(C)Oc1nc(-c2ccccc2)n(-c2ccc(S(C)(=O)=O)cc2)n1. The molecule has 7 heteroatoms. The lowest BCUT2D eigenvalue weighted by atomic mass is 10.2. The van der Waals surface area contributed by atoms with E-state index in [0.29, 0.717) is 11.5 Å². The first-order valence-electron chi connectivity index (χ1n) is 7.84. The number of aromatic nitrogens is 3. The predicted molar refractivity (Wildman–Crippen MR) is 95.7 cm³/mol. The second-order valence-electron chi connectivity index (χ2n) is 5.93. The first kappa shape index (κ1) is 17.2. The molecule has 0 fully saturated rings. The van der Waals surface area contributed by atoms with Crippen molar-refractivity contribution in [3.63, 3.8) is 0 Å². The fraction of sp³-hybridized carbons (Fsp3) is 0.222. The third-order valence-electron chi connectivity index (χ3n) is 3.47. The van der Waals surface area contributed by atoms with Gasteiger partial charge in [0.1, 0.15) is 0 Å². The Morgan fingerprint density at radius 2 is 1.64 bits per heavy atom. The topological polar surface area (TPSA) is 74.1 Å². The summed E-state index contributed by atoms with van der Waals surface area (Å²) < 4.78 is 30.5. The van der Waals surface area contributed by atoms with Crippen LogP contribution in [-0.2, 0) is 9.84 Å². The minimum absolute atomic E-state index is 0.0490. The molecule has 0 saturated carbocycles. The second kappa shape index (κ2) is 6.68. The Balaban J connectivity index is 2.09. The Labute approximate surface area is 147 Å². The van der Waals surface area contributed by atoms with E-state index in [9.17, 15) is 8.42 Å². The monoisotopic (exact) mass is 357 g/mol.